The van der Waals surface area contributed by atoms with E-state index in [1.165, 1.54) is 0 Å². The zero-order valence-electron chi connectivity index (χ0n) is 18.2. The molecule has 1 aliphatic rings. The fourth-order valence-corrected chi connectivity index (χ4v) is 4.21. The van der Waals surface area contributed by atoms with Crippen LogP contribution in [0.2, 0.25) is 0 Å². The van der Waals surface area contributed by atoms with Crippen molar-refractivity contribution in [2.45, 2.75) is 38.8 Å². The molecule has 9 heteroatoms. The van der Waals surface area contributed by atoms with Crippen LogP contribution in [0.25, 0.3) is 17.8 Å². The van der Waals surface area contributed by atoms with E-state index < -0.39 is 17.2 Å². The first kappa shape index (κ1) is 21.1. The zero-order chi connectivity index (χ0) is 23.2. The molecule has 0 saturated heterocycles. The summed E-state index contributed by atoms with van der Waals surface area (Å²) in [6, 6.07) is 6.91. The van der Waals surface area contributed by atoms with E-state index in [-0.39, 0.29) is 11.4 Å². The van der Waals surface area contributed by atoms with Crippen molar-refractivity contribution in [2.24, 2.45) is 0 Å². The lowest BCUT2D eigenvalue weighted by Gasteiger charge is -2.31. The van der Waals surface area contributed by atoms with Crippen LogP contribution in [-0.2, 0) is 12.1 Å². The fraction of sp³-hybridized carbons (Fsp3) is 0.250. The molecule has 0 unspecified atom stereocenters. The summed E-state index contributed by atoms with van der Waals surface area (Å²) in [5.74, 6) is -0.832. The molecule has 1 aliphatic heterocycles. The number of imidazole rings is 1. The van der Waals surface area contributed by atoms with E-state index in [0.29, 0.717) is 25.2 Å². The van der Waals surface area contributed by atoms with Crippen LogP contribution in [0.3, 0.4) is 0 Å². The van der Waals surface area contributed by atoms with Gasteiger partial charge in [-0.25, -0.2) is 23.4 Å². The second-order valence-corrected chi connectivity index (χ2v) is 8.24. The lowest BCUT2D eigenvalue weighted by Crippen LogP contribution is -2.35. The summed E-state index contributed by atoms with van der Waals surface area (Å²) in [6.45, 7) is 4.42. The third kappa shape index (κ3) is 3.95. The van der Waals surface area contributed by atoms with E-state index in [1.54, 1.807) is 23.2 Å². The molecule has 0 amide bonds. The second-order valence-electron chi connectivity index (χ2n) is 8.24. The Morgan fingerprint density at radius 3 is 2.55 bits per heavy atom. The Morgan fingerprint density at radius 1 is 1.06 bits per heavy atom. The first-order valence-corrected chi connectivity index (χ1v) is 10.6. The summed E-state index contributed by atoms with van der Waals surface area (Å²) in [5.41, 5.74) is 1.95. The molecule has 0 fully saturated rings. The van der Waals surface area contributed by atoms with Crippen molar-refractivity contribution >= 4 is 12.2 Å². The number of aliphatic hydroxyl groups is 1. The van der Waals surface area contributed by atoms with Gasteiger partial charge >= 0.3 is 0 Å². The van der Waals surface area contributed by atoms with Crippen molar-refractivity contribution in [2.75, 3.05) is 0 Å². The summed E-state index contributed by atoms with van der Waals surface area (Å²) in [4.78, 5) is 13.3. The third-order valence-electron chi connectivity index (χ3n) is 5.78. The molecule has 0 saturated carbocycles. The van der Waals surface area contributed by atoms with Gasteiger partial charge in [0.1, 0.15) is 17.2 Å². The number of rotatable bonds is 4. The number of hydrogen-bond donors (Lipinski definition) is 1. The quantitative estimate of drug-likeness (QED) is 0.511. The van der Waals surface area contributed by atoms with E-state index in [2.05, 4.69) is 20.1 Å². The van der Waals surface area contributed by atoms with Crippen LogP contribution in [0.5, 0.6) is 0 Å². The van der Waals surface area contributed by atoms with Gasteiger partial charge in [-0.05, 0) is 68.7 Å². The molecule has 0 aliphatic carbocycles. The number of aromatic nitrogens is 6. The first-order valence-electron chi connectivity index (χ1n) is 10.6. The maximum Gasteiger partial charge on any atom is 0.174 e. The molecular formula is C24H22F2N6O. The summed E-state index contributed by atoms with van der Waals surface area (Å²) in [6.07, 6.45) is 8.08. The van der Waals surface area contributed by atoms with Crippen molar-refractivity contribution in [3.63, 3.8) is 0 Å². The number of hydrogen-bond acceptors (Lipinski definition) is 5. The predicted molar refractivity (Wildman–Crippen MR) is 118 cm³/mol. The zero-order valence-corrected chi connectivity index (χ0v) is 18.2. The summed E-state index contributed by atoms with van der Waals surface area (Å²) < 4.78 is 31.1. The minimum atomic E-state index is -1.61. The highest BCUT2D eigenvalue weighted by Crippen LogP contribution is 2.37. The monoisotopic (exact) mass is 448 g/mol. The Morgan fingerprint density at radius 2 is 1.85 bits per heavy atom. The van der Waals surface area contributed by atoms with Crippen LogP contribution in [0.15, 0.2) is 42.9 Å². The molecule has 4 aromatic rings. The van der Waals surface area contributed by atoms with E-state index >= 15 is 0 Å². The van der Waals surface area contributed by atoms with Gasteiger partial charge < -0.3 is 9.67 Å². The Bertz CT molecular complexity index is 1360. The van der Waals surface area contributed by atoms with Gasteiger partial charge in [-0.1, -0.05) is 0 Å². The molecule has 0 radical (unpaired) electrons. The molecule has 1 atom stereocenters. The van der Waals surface area contributed by atoms with E-state index in [9.17, 15) is 13.9 Å². The summed E-state index contributed by atoms with van der Waals surface area (Å²) >= 11 is 0. The van der Waals surface area contributed by atoms with Crippen molar-refractivity contribution in [3.8, 4) is 5.69 Å². The Kier molecular flexibility index (Phi) is 5.13. The topological polar surface area (TPSA) is 81.7 Å². The lowest BCUT2D eigenvalue weighted by atomic mass is 9.86. The number of pyridine rings is 1. The van der Waals surface area contributed by atoms with Crippen LogP contribution >= 0.6 is 0 Å². The normalized spacial score (nSPS) is 18.1. The van der Waals surface area contributed by atoms with Gasteiger partial charge in [-0.3, -0.25) is 4.98 Å². The molecule has 7 nitrogen and oxygen atoms in total. The lowest BCUT2D eigenvalue weighted by molar-refractivity contribution is 0.0389. The van der Waals surface area contributed by atoms with Gasteiger partial charge in [-0.2, -0.15) is 5.10 Å². The molecule has 168 valence electrons. The first-order chi connectivity index (χ1) is 15.8. The molecular weight excluding hydrogens is 426 g/mol. The van der Waals surface area contributed by atoms with Gasteiger partial charge in [-0.15, -0.1) is 0 Å². The number of halogens is 2. The molecule has 3 aromatic heterocycles. The number of aryl methyl sites for hydroxylation is 3. The van der Waals surface area contributed by atoms with Crippen molar-refractivity contribution < 1.29 is 13.9 Å². The van der Waals surface area contributed by atoms with Crippen LogP contribution < -0.4 is 0 Å². The Labute approximate surface area is 189 Å². The average Bonchev–Trinajstić information content (AvgIpc) is 3.38. The highest BCUT2D eigenvalue weighted by atomic mass is 19.1. The number of nitrogens with zero attached hydrogens (tertiary/aromatic N) is 6. The van der Waals surface area contributed by atoms with E-state index in [1.807, 2.05) is 36.7 Å². The standard InChI is InChI=1S/C24H22F2N6O/c1-15-13-31(14-27-15)21-6-4-20(28-16(21)2)5-7-22-29-23-24(33,8-3-9-32(23)30-22)17-10-18(25)12-19(26)11-17/h4-7,10-14,33H,3,8-9H2,1-2H3/b7-5+/t24-/m1/s1. The SMILES string of the molecule is Cc1cn(-c2ccc(/C=C/c3nc4n(n3)CCC[C@@]4(O)c3cc(F)cc(F)c3)nc2C)cn1. The van der Waals surface area contributed by atoms with Crippen LogP contribution in [-0.4, -0.2) is 34.4 Å². The van der Waals surface area contributed by atoms with Crippen LogP contribution in [0.4, 0.5) is 8.78 Å². The maximum atomic E-state index is 13.8. The summed E-state index contributed by atoms with van der Waals surface area (Å²) in [7, 11) is 0. The summed E-state index contributed by atoms with van der Waals surface area (Å²) in [5, 5.41) is 15.8. The smallest absolute Gasteiger partial charge is 0.174 e. The van der Waals surface area contributed by atoms with Gasteiger partial charge in [0, 0.05) is 18.8 Å². The highest BCUT2D eigenvalue weighted by molar-refractivity contribution is 5.65. The third-order valence-corrected chi connectivity index (χ3v) is 5.78. The Balaban J connectivity index is 1.44. The van der Waals surface area contributed by atoms with Gasteiger partial charge in [0.2, 0.25) is 0 Å². The average molecular weight is 448 g/mol. The van der Waals surface area contributed by atoms with E-state index in [4.69, 9.17) is 0 Å². The second kappa shape index (κ2) is 8.00. The molecule has 5 rings (SSSR count). The van der Waals surface area contributed by atoms with Crippen molar-refractivity contribution in [1.82, 2.24) is 29.3 Å². The van der Waals surface area contributed by atoms with Gasteiger partial charge in [0.05, 0.1) is 29.1 Å². The maximum absolute atomic E-state index is 13.8. The predicted octanol–water partition coefficient (Wildman–Crippen LogP) is 3.95. The van der Waals surface area contributed by atoms with Crippen LogP contribution in [0, 0.1) is 25.5 Å². The molecule has 33 heavy (non-hydrogen) atoms. The molecule has 1 N–H and O–H groups in total. The molecule has 1 aromatic carbocycles. The minimum absolute atomic E-state index is 0.131. The van der Waals surface area contributed by atoms with Crippen molar-refractivity contribution in [3.05, 3.63) is 88.8 Å². The molecule has 0 spiro atoms. The molecule has 4 heterocycles. The number of benzene rings is 1. The largest absolute Gasteiger partial charge is 0.377 e. The van der Waals surface area contributed by atoms with Gasteiger partial charge in [0.15, 0.2) is 11.6 Å². The number of fused-ring (bicyclic) bond motifs is 1. The minimum Gasteiger partial charge on any atom is -0.377 e. The van der Waals surface area contributed by atoms with E-state index in [0.717, 1.165) is 41.0 Å². The molecule has 0 bridgehead atoms. The Hall–Kier alpha value is -3.72. The van der Waals surface area contributed by atoms with Gasteiger partial charge in [0.25, 0.3) is 0 Å². The van der Waals surface area contributed by atoms with Crippen molar-refractivity contribution in [1.29, 1.82) is 0 Å². The highest BCUT2D eigenvalue weighted by Gasteiger charge is 2.40. The van der Waals surface area contributed by atoms with Crippen LogP contribution in [0.1, 0.15) is 47.1 Å². The fourth-order valence-electron chi connectivity index (χ4n) is 4.21.